The van der Waals surface area contributed by atoms with Crippen LogP contribution in [0.3, 0.4) is 0 Å². The molecule has 0 saturated carbocycles. The molecule has 72 heavy (non-hydrogen) atoms. The fourth-order valence-corrected chi connectivity index (χ4v) is 6.75. The SMILES string of the molecule is CC/C=C\C/C=C\C/C=C\C/C=C\C/C=C\C/C=C\C/C=C\CC(=O)OCC(O)COP(=O)(O)OCC(O)COP(=O)(O)OCC(O)COC(=O)CCCCC/C=C/C=C/C=C/C=C/C=C\C=C\C=C\CC. The lowest BCUT2D eigenvalue weighted by Crippen LogP contribution is -2.25. The first-order valence-corrected chi connectivity index (χ1v) is 27.6. The average Bonchev–Trinajstić information content (AvgIpc) is 3.36. The van der Waals surface area contributed by atoms with Gasteiger partial charge in [0.1, 0.15) is 31.5 Å². The monoisotopic (exact) mass is 1040 g/mol. The van der Waals surface area contributed by atoms with Crippen LogP contribution in [0.25, 0.3) is 0 Å². The van der Waals surface area contributed by atoms with E-state index in [9.17, 15) is 43.8 Å². The number of allylic oxidation sites excluding steroid dienone is 27. The number of ether oxygens (including phenoxy) is 2. The van der Waals surface area contributed by atoms with E-state index < -0.39 is 85.5 Å². The first kappa shape index (κ1) is 67.4. The van der Waals surface area contributed by atoms with E-state index in [1.807, 2.05) is 91.1 Å². The van der Waals surface area contributed by atoms with E-state index in [1.54, 1.807) is 12.2 Å². The van der Waals surface area contributed by atoms with E-state index in [-0.39, 0.29) is 12.8 Å². The summed E-state index contributed by atoms with van der Waals surface area (Å²) >= 11 is 0. The molecule has 402 valence electrons. The van der Waals surface area contributed by atoms with E-state index in [2.05, 4.69) is 98.8 Å². The van der Waals surface area contributed by atoms with Crippen LogP contribution in [0.4, 0.5) is 0 Å². The minimum Gasteiger partial charge on any atom is -0.463 e. The number of rotatable bonds is 44. The molecule has 0 heterocycles. The smallest absolute Gasteiger partial charge is 0.463 e. The van der Waals surface area contributed by atoms with E-state index in [1.165, 1.54) is 0 Å². The Labute approximate surface area is 429 Å². The van der Waals surface area contributed by atoms with Gasteiger partial charge in [0.05, 0.1) is 32.8 Å². The number of phosphoric acid groups is 2. The van der Waals surface area contributed by atoms with Gasteiger partial charge in [-0.25, -0.2) is 9.13 Å². The Morgan fingerprint density at radius 2 is 0.708 bits per heavy atom. The van der Waals surface area contributed by atoms with Gasteiger partial charge in [-0.3, -0.25) is 27.7 Å². The summed E-state index contributed by atoms with van der Waals surface area (Å²) in [5.41, 5.74) is 0. The summed E-state index contributed by atoms with van der Waals surface area (Å²) < 4.78 is 52.9. The van der Waals surface area contributed by atoms with Gasteiger partial charge in [-0.2, -0.15) is 0 Å². The molecule has 0 bridgehead atoms. The quantitative estimate of drug-likeness (QED) is 0.0126. The van der Waals surface area contributed by atoms with Gasteiger partial charge in [0, 0.05) is 6.42 Å². The van der Waals surface area contributed by atoms with Crippen molar-refractivity contribution in [2.75, 3.05) is 39.6 Å². The summed E-state index contributed by atoms with van der Waals surface area (Å²) in [7, 11) is -9.64. The van der Waals surface area contributed by atoms with E-state index in [0.717, 1.165) is 64.2 Å². The Balaban J connectivity index is 4.07. The highest BCUT2D eigenvalue weighted by atomic mass is 31.2. The molecule has 0 spiro atoms. The molecule has 0 aromatic carbocycles. The van der Waals surface area contributed by atoms with Crippen molar-refractivity contribution in [3.8, 4) is 0 Å². The van der Waals surface area contributed by atoms with Crippen LogP contribution in [0.1, 0.15) is 104 Å². The molecule has 0 fully saturated rings. The predicted octanol–water partition coefficient (Wildman–Crippen LogP) is 11.7. The molecule has 0 aliphatic heterocycles. The molecule has 15 nitrogen and oxygen atoms in total. The number of carbonyl (C=O) groups is 2. The van der Waals surface area contributed by atoms with Crippen molar-refractivity contribution in [3.05, 3.63) is 170 Å². The van der Waals surface area contributed by atoms with Crippen molar-refractivity contribution in [2.45, 2.75) is 122 Å². The Morgan fingerprint density at radius 3 is 1.10 bits per heavy atom. The van der Waals surface area contributed by atoms with Crippen LogP contribution in [-0.4, -0.2) is 95.0 Å². The summed E-state index contributed by atoms with van der Waals surface area (Å²) in [4.78, 5) is 43.8. The first-order valence-electron chi connectivity index (χ1n) is 24.6. The van der Waals surface area contributed by atoms with Gasteiger partial charge in [-0.15, -0.1) is 0 Å². The van der Waals surface area contributed by atoms with Crippen LogP contribution < -0.4 is 0 Å². The fourth-order valence-electron chi connectivity index (χ4n) is 5.16. The highest BCUT2D eigenvalue weighted by Gasteiger charge is 2.28. The summed E-state index contributed by atoms with van der Waals surface area (Å²) in [6.45, 7) is -0.0746. The van der Waals surface area contributed by atoms with Crippen molar-refractivity contribution in [3.63, 3.8) is 0 Å². The van der Waals surface area contributed by atoms with Crippen LogP contribution in [0.5, 0.6) is 0 Å². The standard InChI is InChI=1S/C55H82O15P2/c1-3-5-7-9-11-13-15-17-19-21-23-24-26-28-30-32-34-36-38-40-42-44-55(60)66-46-52(57)48-68-72(63,64)70-50-53(58)49-69-71(61,62)67-47-51(56)45-65-54(59)43-41-39-37-35-33-31-29-27-25-22-20-18-16-14-12-10-8-6-4-2/h5-8,10-14,16-20,22-25,27-31,33-34,36,40,42,51-53,56-58H,3-4,9,15,21,26,32,35,37-39,41,43-50H2,1-2H3,(H,61,62)(H,63,64)/b7-5-,8-6+,12-10+,13-11-,16-14-,19-17-,20-18+,24-23-,25-22+,29-27+,30-28-,33-31+,36-34-,42-40-. The third-order valence-electron chi connectivity index (χ3n) is 8.90. The highest BCUT2D eigenvalue weighted by Crippen LogP contribution is 2.45. The van der Waals surface area contributed by atoms with Crippen molar-refractivity contribution >= 4 is 27.6 Å². The molecule has 17 heteroatoms. The maximum atomic E-state index is 12.2. The first-order chi connectivity index (χ1) is 34.8. The number of esters is 2. The second-order valence-corrected chi connectivity index (χ2v) is 18.5. The number of unbranched alkanes of at least 4 members (excludes halogenated alkanes) is 3. The summed E-state index contributed by atoms with van der Waals surface area (Å²) in [6.07, 6.45) is 62.2. The maximum Gasteiger partial charge on any atom is 0.472 e. The predicted molar refractivity (Wildman–Crippen MR) is 287 cm³/mol. The van der Waals surface area contributed by atoms with Gasteiger partial charge in [0.25, 0.3) is 0 Å². The summed E-state index contributed by atoms with van der Waals surface area (Å²) in [5, 5.41) is 30.0. The van der Waals surface area contributed by atoms with Crippen LogP contribution in [0.15, 0.2) is 170 Å². The van der Waals surface area contributed by atoms with Gasteiger partial charge < -0.3 is 34.6 Å². The zero-order valence-electron chi connectivity index (χ0n) is 42.3. The second kappa shape index (κ2) is 48.7. The van der Waals surface area contributed by atoms with Crippen molar-refractivity contribution in [1.82, 2.24) is 0 Å². The zero-order chi connectivity index (χ0) is 53.1. The molecule has 0 aliphatic rings. The lowest BCUT2D eigenvalue weighted by Gasteiger charge is -2.19. The minimum absolute atomic E-state index is 0.0493. The molecule has 0 radical (unpaired) electrons. The largest absolute Gasteiger partial charge is 0.472 e. The molecule has 5 atom stereocenters. The topological polar surface area (TPSA) is 225 Å². The average molecular weight is 1050 g/mol. The Bertz CT molecular complexity index is 1930. The lowest BCUT2D eigenvalue weighted by molar-refractivity contribution is -0.147. The zero-order valence-corrected chi connectivity index (χ0v) is 44.0. The summed E-state index contributed by atoms with van der Waals surface area (Å²) in [5.74, 6) is -1.18. The number of hydrogen-bond acceptors (Lipinski definition) is 13. The molecular weight excluding hydrogens is 963 g/mol. The van der Waals surface area contributed by atoms with Gasteiger partial charge in [0.2, 0.25) is 0 Å². The number of phosphoric ester groups is 2. The molecule has 0 aliphatic carbocycles. The van der Waals surface area contributed by atoms with Crippen molar-refractivity contribution < 1.29 is 71.4 Å². The highest BCUT2D eigenvalue weighted by molar-refractivity contribution is 7.47. The van der Waals surface area contributed by atoms with Gasteiger partial charge in [0.15, 0.2) is 0 Å². The van der Waals surface area contributed by atoms with Crippen LogP contribution in [0.2, 0.25) is 0 Å². The number of aliphatic hydroxyl groups is 3. The van der Waals surface area contributed by atoms with E-state index >= 15 is 0 Å². The molecule has 5 N–H and O–H groups in total. The van der Waals surface area contributed by atoms with Crippen LogP contribution in [-0.2, 0) is 46.3 Å². The Morgan fingerprint density at radius 1 is 0.389 bits per heavy atom. The van der Waals surface area contributed by atoms with Crippen molar-refractivity contribution in [1.29, 1.82) is 0 Å². The minimum atomic E-state index is -4.83. The molecule has 0 aromatic rings. The summed E-state index contributed by atoms with van der Waals surface area (Å²) in [6, 6.07) is 0. The number of hydrogen-bond donors (Lipinski definition) is 5. The molecule has 0 amide bonds. The molecule has 0 rings (SSSR count). The number of aliphatic hydroxyl groups excluding tert-OH is 3. The number of carbonyl (C=O) groups excluding carboxylic acids is 2. The third kappa shape index (κ3) is 50.3. The Hall–Kier alpha value is -4.60. The van der Waals surface area contributed by atoms with Crippen molar-refractivity contribution in [2.24, 2.45) is 0 Å². The normalized spacial score (nSPS) is 16.3. The molecule has 0 aromatic heterocycles. The maximum absolute atomic E-state index is 12.2. The van der Waals surface area contributed by atoms with Crippen LogP contribution >= 0.6 is 15.6 Å². The molecule has 5 unspecified atom stereocenters. The van der Waals surface area contributed by atoms with Gasteiger partial charge in [-0.1, -0.05) is 190 Å². The van der Waals surface area contributed by atoms with E-state index in [0.29, 0.717) is 12.8 Å². The van der Waals surface area contributed by atoms with Crippen LogP contribution in [0, 0.1) is 0 Å². The lowest BCUT2D eigenvalue weighted by atomic mass is 10.1. The second-order valence-electron chi connectivity index (χ2n) is 15.6. The Kier molecular flexibility index (Phi) is 45.5. The van der Waals surface area contributed by atoms with Gasteiger partial charge >= 0.3 is 27.6 Å². The molecular formula is C55H82O15P2. The van der Waals surface area contributed by atoms with E-state index in [4.69, 9.17) is 9.47 Å². The molecule has 0 saturated heterocycles. The fraction of sp³-hybridized carbons (Fsp3) is 0.455. The third-order valence-corrected chi connectivity index (χ3v) is 10.8. The van der Waals surface area contributed by atoms with Gasteiger partial charge in [-0.05, 0) is 70.6 Å².